The van der Waals surface area contributed by atoms with Crippen LogP contribution in [0.5, 0.6) is 0 Å². The summed E-state index contributed by atoms with van der Waals surface area (Å²) in [6, 6.07) is 57.7. The van der Waals surface area contributed by atoms with Gasteiger partial charge in [-0.15, -0.1) is 0 Å². The topological polar surface area (TPSA) is 30.7 Å². The van der Waals surface area contributed by atoms with Gasteiger partial charge in [-0.25, -0.2) is 9.97 Å². The highest BCUT2D eigenvalue weighted by Crippen LogP contribution is 2.43. The molecule has 3 heteroatoms. The Balaban J connectivity index is 1.45. The molecule has 0 unspecified atom stereocenters. The Labute approximate surface area is 260 Å². The average Bonchev–Trinajstić information content (AvgIpc) is 3.47. The van der Waals surface area contributed by atoms with Crippen LogP contribution in [0.1, 0.15) is 0 Å². The molecule has 0 radical (unpaired) electrons. The lowest BCUT2D eigenvalue weighted by Crippen LogP contribution is -2.04. The SMILES string of the molecule is c1ccc(-c2cccc(-c3nc4ccccc4nc3-n3c4ccccc4c4c5ccccc5cc(-c5ccccc5)c43)c2)cc1. The van der Waals surface area contributed by atoms with Gasteiger partial charge in [0.25, 0.3) is 0 Å². The third-order valence-corrected chi connectivity index (χ3v) is 8.75. The van der Waals surface area contributed by atoms with E-state index in [1.807, 2.05) is 18.2 Å². The second kappa shape index (κ2) is 10.3. The molecule has 45 heavy (non-hydrogen) atoms. The fourth-order valence-electron chi connectivity index (χ4n) is 6.72. The zero-order chi connectivity index (χ0) is 29.7. The molecule has 210 valence electrons. The minimum atomic E-state index is 0.817. The number of aromatic nitrogens is 3. The van der Waals surface area contributed by atoms with E-state index in [0.717, 1.165) is 44.7 Å². The summed E-state index contributed by atoms with van der Waals surface area (Å²) in [5.74, 6) is 0.817. The van der Waals surface area contributed by atoms with Gasteiger partial charge >= 0.3 is 0 Å². The van der Waals surface area contributed by atoms with Crippen molar-refractivity contribution in [2.24, 2.45) is 0 Å². The summed E-state index contributed by atoms with van der Waals surface area (Å²) >= 11 is 0. The van der Waals surface area contributed by atoms with Crippen molar-refractivity contribution in [2.75, 3.05) is 0 Å². The van der Waals surface area contributed by atoms with Gasteiger partial charge in [-0.3, -0.25) is 4.57 Å². The van der Waals surface area contributed by atoms with Gasteiger partial charge < -0.3 is 0 Å². The van der Waals surface area contributed by atoms with Crippen molar-refractivity contribution in [3.8, 4) is 39.3 Å². The molecule has 2 aromatic heterocycles. The van der Waals surface area contributed by atoms with Gasteiger partial charge in [0.15, 0.2) is 5.82 Å². The van der Waals surface area contributed by atoms with Gasteiger partial charge in [-0.2, -0.15) is 0 Å². The first kappa shape index (κ1) is 25.4. The summed E-state index contributed by atoms with van der Waals surface area (Å²) in [5.41, 5.74) is 10.5. The highest BCUT2D eigenvalue weighted by Gasteiger charge is 2.23. The van der Waals surface area contributed by atoms with E-state index in [-0.39, 0.29) is 0 Å². The van der Waals surface area contributed by atoms with Gasteiger partial charge in [-0.05, 0) is 57.8 Å². The molecule has 0 fully saturated rings. The molecule has 0 aliphatic carbocycles. The van der Waals surface area contributed by atoms with Crippen LogP contribution in [0.15, 0.2) is 164 Å². The van der Waals surface area contributed by atoms with Crippen LogP contribution in [0.3, 0.4) is 0 Å². The number of hydrogen-bond acceptors (Lipinski definition) is 2. The fourth-order valence-corrected chi connectivity index (χ4v) is 6.72. The maximum Gasteiger partial charge on any atom is 0.165 e. The first-order valence-corrected chi connectivity index (χ1v) is 15.3. The maximum absolute atomic E-state index is 5.41. The van der Waals surface area contributed by atoms with Gasteiger partial charge in [-0.1, -0.05) is 133 Å². The van der Waals surface area contributed by atoms with Crippen molar-refractivity contribution in [1.82, 2.24) is 14.5 Å². The molecule has 0 bridgehead atoms. The molecule has 0 N–H and O–H groups in total. The van der Waals surface area contributed by atoms with E-state index < -0.39 is 0 Å². The summed E-state index contributed by atoms with van der Waals surface area (Å²) < 4.78 is 2.35. The van der Waals surface area contributed by atoms with Crippen molar-refractivity contribution in [3.05, 3.63) is 164 Å². The molecule has 0 atom stereocenters. The van der Waals surface area contributed by atoms with Gasteiger partial charge in [0.2, 0.25) is 0 Å². The molecule has 0 spiro atoms. The van der Waals surface area contributed by atoms with Crippen LogP contribution in [0.25, 0.3) is 82.9 Å². The second-order valence-corrected chi connectivity index (χ2v) is 11.4. The van der Waals surface area contributed by atoms with Crippen molar-refractivity contribution >= 4 is 43.6 Å². The third-order valence-electron chi connectivity index (χ3n) is 8.75. The monoisotopic (exact) mass is 573 g/mol. The molecule has 9 aromatic rings. The normalized spacial score (nSPS) is 11.6. The Hall–Kier alpha value is -6.06. The van der Waals surface area contributed by atoms with E-state index in [9.17, 15) is 0 Å². The van der Waals surface area contributed by atoms with Crippen molar-refractivity contribution in [2.45, 2.75) is 0 Å². The molecule has 0 aliphatic rings. The Bertz CT molecular complexity index is 2530. The van der Waals surface area contributed by atoms with Crippen molar-refractivity contribution in [3.63, 3.8) is 0 Å². The predicted molar refractivity (Wildman–Crippen MR) is 188 cm³/mol. The number of para-hydroxylation sites is 3. The summed E-state index contributed by atoms with van der Waals surface area (Å²) in [6.45, 7) is 0. The summed E-state index contributed by atoms with van der Waals surface area (Å²) in [7, 11) is 0. The molecule has 3 nitrogen and oxygen atoms in total. The molecule has 7 aromatic carbocycles. The summed E-state index contributed by atoms with van der Waals surface area (Å²) in [6.07, 6.45) is 0. The standard InChI is InChI=1S/C42H27N3/c1-3-14-28(15-4-1)30-19-13-20-32(26-30)40-42(44-37-24-11-10-23-36(37)43-40)45-38-25-12-9-22-34(38)39-33-21-8-7-18-31(33)27-35(41(39)45)29-16-5-2-6-17-29/h1-27H. The lowest BCUT2D eigenvalue weighted by atomic mass is 9.96. The molecular weight excluding hydrogens is 546 g/mol. The van der Waals surface area contributed by atoms with E-state index in [2.05, 4.69) is 150 Å². The van der Waals surface area contributed by atoms with Gasteiger partial charge in [0.1, 0.15) is 5.69 Å². The maximum atomic E-state index is 5.41. The first-order chi connectivity index (χ1) is 22.3. The van der Waals surface area contributed by atoms with Crippen LogP contribution in [0.4, 0.5) is 0 Å². The Morgan fingerprint density at radius 1 is 0.422 bits per heavy atom. The van der Waals surface area contributed by atoms with Crippen molar-refractivity contribution in [1.29, 1.82) is 0 Å². The fraction of sp³-hybridized carbons (Fsp3) is 0. The Morgan fingerprint density at radius 3 is 1.82 bits per heavy atom. The zero-order valence-corrected chi connectivity index (χ0v) is 24.4. The van der Waals surface area contributed by atoms with E-state index in [1.54, 1.807) is 0 Å². The van der Waals surface area contributed by atoms with E-state index >= 15 is 0 Å². The minimum Gasteiger partial charge on any atom is -0.291 e. The Kier molecular flexibility index (Phi) is 5.82. The van der Waals surface area contributed by atoms with Gasteiger partial charge in [0.05, 0.1) is 22.1 Å². The van der Waals surface area contributed by atoms with Crippen LogP contribution < -0.4 is 0 Å². The molecule has 0 saturated carbocycles. The third kappa shape index (κ3) is 4.13. The van der Waals surface area contributed by atoms with Crippen LogP contribution in [-0.4, -0.2) is 14.5 Å². The van der Waals surface area contributed by atoms with E-state index in [4.69, 9.17) is 9.97 Å². The predicted octanol–water partition coefficient (Wildman–Crippen LogP) is 10.9. The molecule has 9 rings (SSSR count). The van der Waals surface area contributed by atoms with Gasteiger partial charge in [0, 0.05) is 21.9 Å². The lowest BCUT2D eigenvalue weighted by molar-refractivity contribution is 1.08. The number of benzene rings is 7. The van der Waals surface area contributed by atoms with Crippen LogP contribution in [0.2, 0.25) is 0 Å². The molecule has 0 aliphatic heterocycles. The highest BCUT2D eigenvalue weighted by molar-refractivity contribution is 6.25. The molecular formula is C42H27N3. The minimum absolute atomic E-state index is 0.817. The zero-order valence-electron chi connectivity index (χ0n) is 24.4. The molecule has 0 saturated heterocycles. The van der Waals surface area contributed by atoms with Crippen molar-refractivity contribution < 1.29 is 0 Å². The summed E-state index contributed by atoms with van der Waals surface area (Å²) in [5, 5.41) is 4.86. The summed E-state index contributed by atoms with van der Waals surface area (Å²) in [4.78, 5) is 10.7. The quantitative estimate of drug-likeness (QED) is 0.210. The number of hydrogen-bond donors (Lipinski definition) is 0. The second-order valence-electron chi connectivity index (χ2n) is 11.4. The largest absolute Gasteiger partial charge is 0.291 e. The van der Waals surface area contributed by atoms with Crippen LogP contribution in [0, 0.1) is 0 Å². The Morgan fingerprint density at radius 2 is 1.02 bits per heavy atom. The van der Waals surface area contributed by atoms with Crippen LogP contribution in [-0.2, 0) is 0 Å². The molecule has 0 amide bonds. The van der Waals surface area contributed by atoms with E-state index in [1.165, 1.54) is 38.2 Å². The smallest absolute Gasteiger partial charge is 0.165 e. The highest BCUT2D eigenvalue weighted by atomic mass is 15.1. The average molecular weight is 574 g/mol. The lowest BCUT2D eigenvalue weighted by Gasteiger charge is -2.16. The number of fused-ring (bicyclic) bond motifs is 6. The number of rotatable bonds is 4. The molecule has 2 heterocycles. The van der Waals surface area contributed by atoms with E-state index in [0.29, 0.717) is 0 Å². The first-order valence-electron chi connectivity index (χ1n) is 15.3. The van der Waals surface area contributed by atoms with Crippen LogP contribution >= 0.6 is 0 Å². The number of nitrogens with zero attached hydrogens (tertiary/aromatic N) is 3.